The third-order valence-corrected chi connectivity index (χ3v) is 5.35. The highest BCUT2D eigenvalue weighted by Crippen LogP contribution is 2.31. The topological polar surface area (TPSA) is 98.7 Å². The van der Waals surface area contributed by atoms with Crippen LogP contribution in [0, 0.1) is 12.7 Å². The number of phenols is 1. The van der Waals surface area contributed by atoms with Gasteiger partial charge in [-0.25, -0.2) is 9.29 Å². The van der Waals surface area contributed by atoms with Crippen LogP contribution < -0.4 is 15.5 Å². The zero-order chi connectivity index (χ0) is 23.7. The quantitative estimate of drug-likeness (QED) is 0.481. The van der Waals surface area contributed by atoms with Crippen LogP contribution in [0.2, 0.25) is 0 Å². The number of halogens is 2. The number of hydrogen-bond acceptors (Lipinski definition) is 5. The van der Waals surface area contributed by atoms with Crippen molar-refractivity contribution in [1.82, 2.24) is 0 Å². The second-order valence-electron chi connectivity index (χ2n) is 7.24. The summed E-state index contributed by atoms with van der Waals surface area (Å²) in [5, 5.41) is 14.8. The number of anilines is 3. The van der Waals surface area contributed by atoms with E-state index in [0.29, 0.717) is 27.4 Å². The predicted octanol–water partition coefficient (Wildman–Crippen LogP) is 4.53. The number of rotatable bonds is 5. The Morgan fingerprint density at radius 2 is 1.64 bits per heavy atom. The van der Waals surface area contributed by atoms with Gasteiger partial charge in [-0.2, -0.15) is 0 Å². The summed E-state index contributed by atoms with van der Waals surface area (Å²) in [5.41, 5.74) is 1.44. The van der Waals surface area contributed by atoms with E-state index in [2.05, 4.69) is 10.6 Å². The van der Waals surface area contributed by atoms with Gasteiger partial charge in [0.25, 0.3) is 17.7 Å². The van der Waals surface area contributed by atoms with Crippen molar-refractivity contribution in [3.05, 3.63) is 94.4 Å². The van der Waals surface area contributed by atoms with Crippen molar-refractivity contribution in [3.8, 4) is 5.75 Å². The summed E-state index contributed by atoms with van der Waals surface area (Å²) in [6, 6.07) is 16.3. The summed E-state index contributed by atoms with van der Waals surface area (Å²) < 4.78 is 14.1. The number of aryl methyl sites for hydroxylation is 1. The smallest absolute Gasteiger partial charge is 0.283 e. The highest BCUT2D eigenvalue weighted by molar-refractivity contribution is 6.53. The van der Waals surface area contributed by atoms with Crippen LogP contribution in [0.5, 0.6) is 5.75 Å². The predicted molar refractivity (Wildman–Crippen MR) is 123 cm³/mol. The first-order chi connectivity index (χ1) is 15.8. The lowest BCUT2D eigenvalue weighted by molar-refractivity contribution is -0.120. The number of hydrogen-bond donors (Lipinski definition) is 3. The number of nitrogens with one attached hydrogen (secondary N) is 2. The molecule has 0 saturated carbocycles. The van der Waals surface area contributed by atoms with Crippen LogP contribution in [0.25, 0.3) is 0 Å². The summed E-state index contributed by atoms with van der Waals surface area (Å²) in [6.45, 7) is 1.74. The van der Waals surface area contributed by atoms with Crippen molar-refractivity contribution in [3.63, 3.8) is 0 Å². The number of carbonyl (C=O) groups excluding carboxylic acids is 3. The first-order valence-electron chi connectivity index (χ1n) is 9.77. The minimum Gasteiger partial charge on any atom is -0.508 e. The number of imide groups is 1. The average molecular weight is 466 g/mol. The lowest BCUT2D eigenvalue weighted by atomic mass is 10.1. The van der Waals surface area contributed by atoms with Gasteiger partial charge in [-0.3, -0.25) is 14.4 Å². The van der Waals surface area contributed by atoms with Crippen LogP contribution >= 0.6 is 11.6 Å². The number of carbonyl (C=O) groups is 3. The van der Waals surface area contributed by atoms with Crippen LogP contribution in [0.15, 0.2) is 77.5 Å². The number of para-hydroxylation sites is 1. The average Bonchev–Trinajstić information content (AvgIpc) is 3.00. The van der Waals surface area contributed by atoms with Gasteiger partial charge < -0.3 is 15.7 Å². The standard InChI is InChI=1S/C24H17ClFN3O4/c1-13-6-9-16(12-19(13)30)28-22(31)14-7-10-15(11-8-14)27-21-20(25)23(32)29(24(21)33)18-5-3-2-4-17(18)26/h2-12,27,30H,1H3,(H,28,31). The Bertz CT molecular complexity index is 1320. The fourth-order valence-electron chi connectivity index (χ4n) is 3.20. The van der Waals surface area contributed by atoms with Crippen molar-refractivity contribution < 1.29 is 23.9 Å². The highest BCUT2D eigenvalue weighted by atomic mass is 35.5. The third-order valence-electron chi connectivity index (χ3n) is 5.00. The Labute approximate surface area is 193 Å². The van der Waals surface area contributed by atoms with Crippen LogP contribution in [0.1, 0.15) is 15.9 Å². The summed E-state index contributed by atoms with van der Waals surface area (Å²) in [4.78, 5) is 38.4. The first-order valence-corrected chi connectivity index (χ1v) is 10.1. The zero-order valence-corrected chi connectivity index (χ0v) is 18.0. The molecule has 0 fully saturated rings. The Balaban J connectivity index is 1.49. The molecule has 7 nitrogen and oxygen atoms in total. The van der Waals surface area contributed by atoms with Gasteiger partial charge in [0.2, 0.25) is 0 Å². The van der Waals surface area contributed by atoms with Crippen molar-refractivity contribution in [2.24, 2.45) is 0 Å². The second kappa shape index (κ2) is 8.76. The Morgan fingerprint density at radius 3 is 2.30 bits per heavy atom. The minimum atomic E-state index is -0.841. The molecule has 166 valence electrons. The summed E-state index contributed by atoms with van der Waals surface area (Å²) in [7, 11) is 0. The minimum absolute atomic E-state index is 0.0673. The van der Waals surface area contributed by atoms with E-state index in [4.69, 9.17) is 11.6 Å². The van der Waals surface area contributed by atoms with Crippen LogP contribution in [-0.4, -0.2) is 22.8 Å². The molecule has 1 aliphatic heterocycles. The van der Waals surface area contributed by atoms with Gasteiger partial charge in [0.1, 0.15) is 22.3 Å². The molecule has 3 aromatic rings. The van der Waals surface area contributed by atoms with E-state index in [1.54, 1.807) is 19.1 Å². The van der Waals surface area contributed by atoms with Gasteiger partial charge in [0.05, 0.1) is 5.69 Å². The number of benzene rings is 3. The summed E-state index contributed by atoms with van der Waals surface area (Å²) in [5.74, 6) is -2.71. The number of aromatic hydroxyl groups is 1. The van der Waals surface area contributed by atoms with Crippen molar-refractivity contribution in [2.75, 3.05) is 15.5 Å². The van der Waals surface area contributed by atoms with Gasteiger partial charge in [-0.15, -0.1) is 0 Å². The molecule has 0 aromatic heterocycles. The number of nitrogens with zero attached hydrogens (tertiary/aromatic N) is 1. The maximum atomic E-state index is 14.1. The molecule has 3 aromatic carbocycles. The van der Waals surface area contributed by atoms with Crippen molar-refractivity contribution >= 4 is 46.4 Å². The van der Waals surface area contributed by atoms with Gasteiger partial charge in [0.15, 0.2) is 0 Å². The van der Waals surface area contributed by atoms with Gasteiger partial charge in [-0.1, -0.05) is 29.8 Å². The maximum absolute atomic E-state index is 14.1. The molecule has 0 saturated heterocycles. The van der Waals surface area contributed by atoms with E-state index in [-0.39, 0.29) is 22.2 Å². The van der Waals surface area contributed by atoms with Crippen molar-refractivity contribution in [1.29, 1.82) is 0 Å². The molecule has 9 heteroatoms. The molecule has 33 heavy (non-hydrogen) atoms. The molecule has 1 heterocycles. The number of amides is 3. The molecular weight excluding hydrogens is 449 g/mol. The second-order valence-corrected chi connectivity index (χ2v) is 7.62. The molecule has 0 aliphatic carbocycles. The third kappa shape index (κ3) is 4.28. The SMILES string of the molecule is Cc1ccc(NC(=O)c2ccc(NC3=C(Cl)C(=O)N(c4ccccc4F)C3=O)cc2)cc1O. The van der Waals surface area contributed by atoms with E-state index in [9.17, 15) is 23.9 Å². The van der Waals surface area contributed by atoms with E-state index in [1.165, 1.54) is 48.5 Å². The van der Waals surface area contributed by atoms with E-state index in [0.717, 1.165) is 6.07 Å². The molecule has 3 amide bonds. The van der Waals surface area contributed by atoms with E-state index >= 15 is 0 Å². The van der Waals surface area contributed by atoms with Crippen LogP contribution in [-0.2, 0) is 9.59 Å². The largest absolute Gasteiger partial charge is 0.508 e. The monoisotopic (exact) mass is 465 g/mol. The fourth-order valence-corrected chi connectivity index (χ4v) is 3.42. The molecule has 3 N–H and O–H groups in total. The normalized spacial score (nSPS) is 13.5. The van der Waals surface area contributed by atoms with Crippen molar-refractivity contribution in [2.45, 2.75) is 6.92 Å². The molecular formula is C24H17ClFN3O4. The Hall–Kier alpha value is -4.17. The molecule has 4 rings (SSSR count). The maximum Gasteiger partial charge on any atom is 0.283 e. The summed E-state index contributed by atoms with van der Waals surface area (Å²) in [6.07, 6.45) is 0. The first kappa shape index (κ1) is 22.0. The molecule has 0 spiro atoms. The lowest BCUT2D eigenvalue weighted by Crippen LogP contribution is -2.33. The van der Waals surface area contributed by atoms with Crippen LogP contribution in [0.3, 0.4) is 0 Å². The highest BCUT2D eigenvalue weighted by Gasteiger charge is 2.40. The lowest BCUT2D eigenvalue weighted by Gasteiger charge is -2.15. The van der Waals surface area contributed by atoms with Gasteiger partial charge >= 0.3 is 0 Å². The fraction of sp³-hybridized carbons (Fsp3) is 0.0417. The molecule has 0 atom stereocenters. The van der Waals surface area contributed by atoms with Gasteiger partial charge in [-0.05, 0) is 55.0 Å². The molecule has 0 bridgehead atoms. The number of phenolic OH excluding ortho intramolecular Hbond substituents is 1. The summed E-state index contributed by atoms with van der Waals surface area (Å²) >= 11 is 6.06. The van der Waals surface area contributed by atoms with E-state index in [1.807, 2.05) is 0 Å². The van der Waals surface area contributed by atoms with Gasteiger partial charge in [0, 0.05) is 23.0 Å². The Kier molecular flexibility index (Phi) is 5.85. The molecule has 0 radical (unpaired) electrons. The zero-order valence-electron chi connectivity index (χ0n) is 17.2. The Morgan fingerprint density at radius 1 is 0.970 bits per heavy atom. The van der Waals surface area contributed by atoms with Crippen LogP contribution in [0.4, 0.5) is 21.5 Å². The molecule has 0 unspecified atom stereocenters. The van der Waals surface area contributed by atoms with E-state index < -0.39 is 23.5 Å². The molecule has 1 aliphatic rings.